The first kappa shape index (κ1) is 17.4. The largest absolute Gasteiger partial charge is 0.341 e. The van der Waals surface area contributed by atoms with Crippen molar-refractivity contribution in [3.8, 4) is 0 Å². The minimum Gasteiger partial charge on any atom is -0.341 e. The number of carbonyl (C=O) groups is 1. The molecule has 0 atom stereocenters. The highest BCUT2D eigenvalue weighted by atomic mass is 16.2. The summed E-state index contributed by atoms with van der Waals surface area (Å²) in [5, 5.41) is 3.34. The monoisotopic (exact) mass is 284 g/mol. The van der Waals surface area contributed by atoms with Crippen molar-refractivity contribution in [2.75, 3.05) is 59.9 Å². The third-order valence-corrected chi connectivity index (χ3v) is 4.13. The van der Waals surface area contributed by atoms with Crippen LogP contribution in [-0.2, 0) is 4.79 Å². The Morgan fingerprint density at radius 2 is 1.80 bits per heavy atom. The van der Waals surface area contributed by atoms with Crippen LogP contribution in [0.3, 0.4) is 0 Å². The molecule has 0 aromatic rings. The third kappa shape index (κ3) is 4.72. The molecule has 1 aliphatic rings. The van der Waals surface area contributed by atoms with Crippen molar-refractivity contribution >= 4 is 5.91 Å². The van der Waals surface area contributed by atoms with Gasteiger partial charge >= 0.3 is 0 Å². The lowest BCUT2D eigenvalue weighted by Gasteiger charge is -2.42. The summed E-state index contributed by atoms with van der Waals surface area (Å²) >= 11 is 0. The van der Waals surface area contributed by atoms with E-state index in [2.05, 4.69) is 50.0 Å². The number of nitrogens with one attached hydrogen (secondary N) is 1. The summed E-state index contributed by atoms with van der Waals surface area (Å²) in [6.45, 7) is 12.7. The molecular weight excluding hydrogens is 252 g/mol. The van der Waals surface area contributed by atoms with Crippen molar-refractivity contribution < 1.29 is 4.79 Å². The average Bonchev–Trinajstić information content (AvgIpc) is 2.43. The molecule has 0 unspecified atom stereocenters. The van der Waals surface area contributed by atoms with Crippen molar-refractivity contribution in [1.29, 1.82) is 0 Å². The molecule has 1 aliphatic heterocycles. The smallest absolute Gasteiger partial charge is 0.242 e. The van der Waals surface area contributed by atoms with Crippen molar-refractivity contribution in [2.24, 2.45) is 0 Å². The lowest BCUT2D eigenvalue weighted by Crippen LogP contribution is -2.60. The Bertz CT molecular complexity index is 298. The minimum atomic E-state index is -0.393. The van der Waals surface area contributed by atoms with E-state index < -0.39 is 5.54 Å². The normalized spacial score (nSPS) is 17.5. The standard InChI is InChI=1S/C15H32N4O/c1-6-18(11-7-10-17(4)5)14(20)15(2,3)19-12-8-16-9-13-19/h16H,6-13H2,1-5H3. The van der Waals surface area contributed by atoms with Crippen LogP contribution in [0.5, 0.6) is 0 Å². The molecule has 0 spiro atoms. The van der Waals surface area contributed by atoms with E-state index >= 15 is 0 Å². The van der Waals surface area contributed by atoms with Gasteiger partial charge in [0.15, 0.2) is 0 Å². The Morgan fingerprint density at radius 1 is 1.20 bits per heavy atom. The molecule has 1 amide bonds. The van der Waals surface area contributed by atoms with Gasteiger partial charge in [0.1, 0.15) is 0 Å². The van der Waals surface area contributed by atoms with Gasteiger partial charge in [-0.3, -0.25) is 9.69 Å². The number of rotatable bonds is 7. The lowest BCUT2D eigenvalue weighted by molar-refractivity contribution is -0.143. The van der Waals surface area contributed by atoms with Gasteiger partial charge < -0.3 is 15.1 Å². The number of likely N-dealkylation sites (N-methyl/N-ethyl adjacent to an activating group) is 1. The molecule has 1 N–H and O–H groups in total. The van der Waals surface area contributed by atoms with Crippen LogP contribution in [0.25, 0.3) is 0 Å². The predicted molar refractivity (Wildman–Crippen MR) is 83.9 cm³/mol. The summed E-state index contributed by atoms with van der Waals surface area (Å²) in [6.07, 6.45) is 1.03. The number of nitrogens with zero attached hydrogens (tertiary/aromatic N) is 3. The maximum Gasteiger partial charge on any atom is 0.242 e. The molecule has 0 aromatic heterocycles. The summed E-state index contributed by atoms with van der Waals surface area (Å²) in [6, 6.07) is 0. The second-order valence-electron chi connectivity index (χ2n) is 6.34. The Kier molecular flexibility index (Phi) is 6.92. The molecule has 1 fully saturated rings. The molecule has 0 saturated carbocycles. The fraction of sp³-hybridized carbons (Fsp3) is 0.933. The van der Waals surface area contributed by atoms with E-state index in [-0.39, 0.29) is 5.91 Å². The maximum atomic E-state index is 12.8. The highest BCUT2D eigenvalue weighted by Crippen LogP contribution is 2.18. The average molecular weight is 284 g/mol. The lowest BCUT2D eigenvalue weighted by atomic mass is 9.99. The van der Waals surface area contributed by atoms with Gasteiger partial charge in [-0.15, -0.1) is 0 Å². The van der Waals surface area contributed by atoms with Gasteiger partial charge in [-0.1, -0.05) is 0 Å². The van der Waals surface area contributed by atoms with Crippen LogP contribution in [0.15, 0.2) is 0 Å². The molecule has 1 rings (SSSR count). The Morgan fingerprint density at radius 3 is 2.30 bits per heavy atom. The van der Waals surface area contributed by atoms with Crippen molar-refractivity contribution in [1.82, 2.24) is 20.0 Å². The van der Waals surface area contributed by atoms with Gasteiger partial charge in [0.2, 0.25) is 5.91 Å². The highest BCUT2D eigenvalue weighted by molar-refractivity contribution is 5.85. The maximum absolute atomic E-state index is 12.8. The number of hydrogen-bond donors (Lipinski definition) is 1. The van der Waals surface area contributed by atoms with Gasteiger partial charge in [-0.25, -0.2) is 0 Å². The Labute approximate surface area is 124 Å². The van der Waals surface area contributed by atoms with E-state index in [0.29, 0.717) is 0 Å². The summed E-state index contributed by atoms with van der Waals surface area (Å²) in [4.78, 5) is 19.3. The molecule has 0 bridgehead atoms. The van der Waals surface area contributed by atoms with Crippen LogP contribution in [0.1, 0.15) is 27.2 Å². The summed E-state index contributed by atoms with van der Waals surface area (Å²) in [5.41, 5.74) is -0.393. The molecule has 20 heavy (non-hydrogen) atoms. The first-order chi connectivity index (χ1) is 9.39. The molecule has 0 radical (unpaired) electrons. The van der Waals surface area contributed by atoms with Crippen LogP contribution in [0.2, 0.25) is 0 Å². The third-order valence-electron chi connectivity index (χ3n) is 4.13. The first-order valence-electron chi connectivity index (χ1n) is 7.79. The quantitative estimate of drug-likeness (QED) is 0.738. The number of carbonyl (C=O) groups excluding carboxylic acids is 1. The topological polar surface area (TPSA) is 38.8 Å². The van der Waals surface area contributed by atoms with Gasteiger partial charge in [-0.05, 0) is 47.8 Å². The van der Waals surface area contributed by atoms with Crippen molar-refractivity contribution in [2.45, 2.75) is 32.7 Å². The van der Waals surface area contributed by atoms with E-state index in [0.717, 1.165) is 52.2 Å². The summed E-state index contributed by atoms with van der Waals surface area (Å²) in [7, 11) is 4.14. The molecule has 5 nitrogen and oxygen atoms in total. The zero-order chi connectivity index (χ0) is 15.2. The molecule has 118 valence electrons. The van der Waals surface area contributed by atoms with Crippen LogP contribution in [0, 0.1) is 0 Å². The van der Waals surface area contributed by atoms with Gasteiger partial charge in [0, 0.05) is 39.3 Å². The van der Waals surface area contributed by atoms with Crippen LogP contribution < -0.4 is 5.32 Å². The molecule has 1 saturated heterocycles. The van der Waals surface area contributed by atoms with E-state index in [1.54, 1.807) is 0 Å². The van der Waals surface area contributed by atoms with Crippen LogP contribution in [0.4, 0.5) is 0 Å². The van der Waals surface area contributed by atoms with Gasteiger partial charge in [0.05, 0.1) is 5.54 Å². The molecule has 0 aromatic carbocycles. The van der Waals surface area contributed by atoms with E-state index in [1.165, 1.54) is 0 Å². The fourth-order valence-electron chi connectivity index (χ4n) is 2.73. The number of hydrogen-bond acceptors (Lipinski definition) is 4. The minimum absolute atomic E-state index is 0.264. The Balaban J connectivity index is 2.58. The summed E-state index contributed by atoms with van der Waals surface area (Å²) in [5.74, 6) is 0.264. The predicted octanol–water partition coefficient (Wildman–Crippen LogP) is 0.470. The first-order valence-corrected chi connectivity index (χ1v) is 7.79. The zero-order valence-electron chi connectivity index (χ0n) is 13.9. The second kappa shape index (κ2) is 7.96. The van der Waals surface area contributed by atoms with Crippen molar-refractivity contribution in [3.05, 3.63) is 0 Å². The fourth-order valence-corrected chi connectivity index (χ4v) is 2.73. The zero-order valence-corrected chi connectivity index (χ0v) is 13.9. The molecule has 1 heterocycles. The SMILES string of the molecule is CCN(CCCN(C)C)C(=O)C(C)(C)N1CCNCC1. The molecular formula is C15H32N4O. The van der Waals surface area contributed by atoms with Crippen molar-refractivity contribution in [3.63, 3.8) is 0 Å². The van der Waals surface area contributed by atoms with E-state index in [4.69, 9.17) is 0 Å². The van der Waals surface area contributed by atoms with E-state index in [1.807, 2.05) is 4.90 Å². The van der Waals surface area contributed by atoms with Gasteiger partial charge in [0.25, 0.3) is 0 Å². The highest BCUT2D eigenvalue weighted by Gasteiger charge is 2.37. The number of piperazine rings is 1. The molecule has 0 aliphatic carbocycles. The molecule has 5 heteroatoms. The second-order valence-corrected chi connectivity index (χ2v) is 6.34. The van der Waals surface area contributed by atoms with E-state index in [9.17, 15) is 4.79 Å². The van der Waals surface area contributed by atoms with Crippen LogP contribution >= 0.6 is 0 Å². The van der Waals surface area contributed by atoms with Gasteiger partial charge in [-0.2, -0.15) is 0 Å². The number of amides is 1. The Hall–Kier alpha value is -0.650. The summed E-state index contributed by atoms with van der Waals surface area (Å²) < 4.78 is 0. The van der Waals surface area contributed by atoms with Crippen LogP contribution in [-0.4, -0.2) is 86.1 Å².